The molecule has 0 atom stereocenters. The van der Waals surface area contributed by atoms with Crippen LogP contribution >= 0.6 is 15.9 Å². The average molecular weight is 283 g/mol. The minimum absolute atomic E-state index is 0.113. The van der Waals surface area contributed by atoms with Crippen molar-refractivity contribution < 1.29 is 9.53 Å². The summed E-state index contributed by atoms with van der Waals surface area (Å²) in [5.74, 6) is 0.686. The van der Waals surface area contributed by atoms with Gasteiger partial charge in [-0.2, -0.15) is 0 Å². The molecular weight excluding hydrogens is 272 g/mol. The van der Waals surface area contributed by atoms with Crippen LogP contribution in [0.5, 0.6) is 0 Å². The molecule has 1 aromatic heterocycles. The van der Waals surface area contributed by atoms with Crippen molar-refractivity contribution in [1.82, 2.24) is 4.98 Å². The molecule has 1 aromatic rings. The van der Waals surface area contributed by atoms with E-state index in [2.05, 4.69) is 20.9 Å². The molecule has 0 N–H and O–H groups in total. The van der Waals surface area contributed by atoms with Gasteiger partial charge in [0, 0.05) is 10.7 Å². The predicted molar refractivity (Wildman–Crippen MR) is 62.3 cm³/mol. The smallest absolute Gasteiger partial charge is 0.416 e. The fraction of sp³-hybridized carbons (Fsp3) is 0.455. The highest BCUT2D eigenvalue weighted by atomic mass is 79.9. The van der Waals surface area contributed by atoms with Gasteiger partial charge in [-0.1, -0.05) is 0 Å². The fourth-order valence-corrected chi connectivity index (χ4v) is 2.54. The maximum absolute atomic E-state index is 11.7. The van der Waals surface area contributed by atoms with E-state index in [-0.39, 0.29) is 11.6 Å². The molecular formula is C11H11BrN2O2. The molecule has 2 fully saturated rings. The van der Waals surface area contributed by atoms with Gasteiger partial charge in [0.05, 0.1) is 5.54 Å². The quantitative estimate of drug-likeness (QED) is 0.795. The molecule has 84 valence electrons. The Hall–Kier alpha value is -1.10. The zero-order chi connectivity index (χ0) is 11.2. The molecule has 2 aliphatic rings. The SMILES string of the molecule is O=C1OCC2(CCC2)N1c1ccc(Br)cn1. The summed E-state index contributed by atoms with van der Waals surface area (Å²) in [5, 5.41) is 0. The summed E-state index contributed by atoms with van der Waals surface area (Å²) in [6.45, 7) is 0.504. The van der Waals surface area contributed by atoms with Gasteiger partial charge >= 0.3 is 6.09 Å². The van der Waals surface area contributed by atoms with Gasteiger partial charge < -0.3 is 4.74 Å². The normalized spacial score (nSPS) is 22.1. The van der Waals surface area contributed by atoms with Gasteiger partial charge in [0.15, 0.2) is 0 Å². The summed E-state index contributed by atoms with van der Waals surface area (Å²) in [7, 11) is 0. The largest absolute Gasteiger partial charge is 0.447 e. The summed E-state index contributed by atoms with van der Waals surface area (Å²) in [5.41, 5.74) is -0.113. The third kappa shape index (κ3) is 1.34. The van der Waals surface area contributed by atoms with E-state index < -0.39 is 0 Å². The monoisotopic (exact) mass is 282 g/mol. The molecule has 0 bridgehead atoms. The van der Waals surface area contributed by atoms with Crippen LogP contribution in [0.4, 0.5) is 10.6 Å². The van der Waals surface area contributed by atoms with Crippen LogP contribution in [-0.2, 0) is 4.74 Å². The lowest BCUT2D eigenvalue weighted by Gasteiger charge is -2.41. The van der Waals surface area contributed by atoms with Gasteiger partial charge in [-0.05, 0) is 47.3 Å². The minimum atomic E-state index is -0.269. The van der Waals surface area contributed by atoms with Crippen LogP contribution in [-0.4, -0.2) is 23.2 Å². The number of nitrogens with zero attached hydrogens (tertiary/aromatic N) is 2. The zero-order valence-corrected chi connectivity index (χ0v) is 10.2. The predicted octanol–water partition coefficient (Wildman–Crippen LogP) is 2.72. The van der Waals surface area contributed by atoms with E-state index in [1.807, 2.05) is 12.1 Å². The Morgan fingerprint density at radius 1 is 1.44 bits per heavy atom. The number of carbonyl (C=O) groups excluding carboxylic acids is 1. The number of rotatable bonds is 1. The van der Waals surface area contributed by atoms with Gasteiger partial charge in [0.25, 0.3) is 0 Å². The number of hydrogen-bond donors (Lipinski definition) is 0. The van der Waals surface area contributed by atoms with Gasteiger partial charge in [-0.15, -0.1) is 0 Å². The topological polar surface area (TPSA) is 42.4 Å². The van der Waals surface area contributed by atoms with Crippen LogP contribution in [0.15, 0.2) is 22.8 Å². The summed E-state index contributed by atoms with van der Waals surface area (Å²) in [6, 6.07) is 3.73. The maximum Gasteiger partial charge on any atom is 0.416 e. The van der Waals surface area contributed by atoms with E-state index in [0.717, 1.165) is 23.7 Å². The highest BCUT2D eigenvalue weighted by Crippen LogP contribution is 2.43. The molecule has 0 aromatic carbocycles. The second-order valence-corrected chi connectivity index (χ2v) is 5.22. The molecule has 16 heavy (non-hydrogen) atoms. The molecule has 2 heterocycles. The lowest BCUT2D eigenvalue weighted by molar-refractivity contribution is 0.154. The van der Waals surface area contributed by atoms with Crippen LogP contribution in [0.3, 0.4) is 0 Å². The molecule has 4 nitrogen and oxygen atoms in total. The van der Waals surface area contributed by atoms with Crippen molar-refractivity contribution in [2.45, 2.75) is 24.8 Å². The van der Waals surface area contributed by atoms with Gasteiger partial charge in [-0.25, -0.2) is 9.78 Å². The Morgan fingerprint density at radius 2 is 2.25 bits per heavy atom. The minimum Gasteiger partial charge on any atom is -0.447 e. The highest BCUT2D eigenvalue weighted by Gasteiger charge is 2.52. The maximum atomic E-state index is 11.7. The van der Waals surface area contributed by atoms with Crippen molar-refractivity contribution in [2.24, 2.45) is 0 Å². The number of aromatic nitrogens is 1. The van der Waals surface area contributed by atoms with Crippen LogP contribution in [0.2, 0.25) is 0 Å². The number of hydrogen-bond acceptors (Lipinski definition) is 3. The van der Waals surface area contributed by atoms with Crippen molar-refractivity contribution in [2.75, 3.05) is 11.5 Å². The second-order valence-electron chi connectivity index (χ2n) is 4.30. The Balaban J connectivity index is 1.97. The van der Waals surface area contributed by atoms with E-state index in [1.165, 1.54) is 0 Å². The molecule has 1 aliphatic carbocycles. The van der Waals surface area contributed by atoms with E-state index in [9.17, 15) is 4.79 Å². The number of cyclic esters (lactones) is 1. The van der Waals surface area contributed by atoms with Crippen molar-refractivity contribution >= 4 is 27.8 Å². The molecule has 3 rings (SSSR count). The van der Waals surface area contributed by atoms with Crippen molar-refractivity contribution in [3.63, 3.8) is 0 Å². The number of amides is 1. The van der Waals surface area contributed by atoms with Crippen molar-refractivity contribution in [3.8, 4) is 0 Å². The fourth-order valence-electron chi connectivity index (χ4n) is 2.31. The van der Waals surface area contributed by atoms with Crippen molar-refractivity contribution in [1.29, 1.82) is 0 Å². The first-order chi connectivity index (χ1) is 7.71. The van der Waals surface area contributed by atoms with E-state index in [1.54, 1.807) is 11.1 Å². The Bertz CT molecular complexity index is 428. The van der Waals surface area contributed by atoms with E-state index >= 15 is 0 Å². The second kappa shape index (κ2) is 3.45. The third-order valence-electron chi connectivity index (χ3n) is 3.35. The molecule has 1 spiro atoms. The lowest BCUT2D eigenvalue weighted by atomic mass is 9.76. The summed E-state index contributed by atoms with van der Waals surface area (Å²) < 4.78 is 6.05. The molecule has 0 unspecified atom stereocenters. The standard InChI is InChI=1S/C11H11BrN2O2/c12-8-2-3-9(13-6-8)14-10(15)16-7-11(14)4-1-5-11/h2-3,6H,1,4-5,7H2. The van der Waals surface area contributed by atoms with E-state index in [4.69, 9.17) is 4.74 Å². The summed E-state index contributed by atoms with van der Waals surface area (Å²) in [6.07, 6.45) is 4.61. The molecule has 5 heteroatoms. The van der Waals surface area contributed by atoms with Gasteiger partial charge in [-0.3, -0.25) is 4.90 Å². The first kappa shape index (κ1) is 10.1. The first-order valence-corrected chi connectivity index (χ1v) is 6.09. The Labute approximate surface area is 102 Å². The number of halogens is 1. The average Bonchev–Trinajstić information content (AvgIpc) is 2.57. The molecule has 1 saturated heterocycles. The van der Waals surface area contributed by atoms with Crippen LogP contribution in [0.25, 0.3) is 0 Å². The lowest BCUT2D eigenvalue weighted by Crippen LogP contribution is -2.53. The zero-order valence-electron chi connectivity index (χ0n) is 8.65. The highest BCUT2D eigenvalue weighted by molar-refractivity contribution is 9.10. The molecule has 1 amide bonds. The number of ether oxygens (including phenoxy) is 1. The Kier molecular flexibility index (Phi) is 2.17. The number of pyridine rings is 1. The summed E-state index contributed by atoms with van der Waals surface area (Å²) >= 11 is 3.33. The molecule has 1 aliphatic heterocycles. The van der Waals surface area contributed by atoms with Crippen LogP contribution in [0, 0.1) is 0 Å². The van der Waals surface area contributed by atoms with Crippen LogP contribution < -0.4 is 4.90 Å². The van der Waals surface area contributed by atoms with Gasteiger partial charge in [0.2, 0.25) is 0 Å². The first-order valence-electron chi connectivity index (χ1n) is 5.30. The molecule has 0 radical (unpaired) electrons. The van der Waals surface area contributed by atoms with E-state index in [0.29, 0.717) is 12.4 Å². The number of carbonyl (C=O) groups is 1. The Morgan fingerprint density at radius 3 is 2.81 bits per heavy atom. The van der Waals surface area contributed by atoms with Crippen molar-refractivity contribution in [3.05, 3.63) is 22.8 Å². The number of anilines is 1. The van der Waals surface area contributed by atoms with Crippen LogP contribution in [0.1, 0.15) is 19.3 Å². The summed E-state index contributed by atoms with van der Waals surface area (Å²) in [4.78, 5) is 17.7. The molecule has 1 saturated carbocycles. The third-order valence-corrected chi connectivity index (χ3v) is 3.82. The van der Waals surface area contributed by atoms with Gasteiger partial charge in [0.1, 0.15) is 12.4 Å².